The minimum Gasteiger partial charge on any atom is -0.395 e. The van der Waals surface area contributed by atoms with Gasteiger partial charge in [0.15, 0.2) is 0 Å². The molecule has 0 unspecified atom stereocenters. The van der Waals surface area contributed by atoms with Crippen molar-refractivity contribution in [1.82, 2.24) is 4.90 Å². The standard InChI is InChI=1S/C18H21N3O4/c22-10-9-21-16(23)11-15(18(21)25)19-13-5-7-14(8-6-13)20-17(24)12-3-1-2-4-12/h5-8,11-12,19,22H,1-4,9-10H2,(H,20,24). The van der Waals surface area contributed by atoms with Crippen LogP contribution in [0.4, 0.5) is 11.4 Å². The van der Waals surface area contributed by atoms with E-state index in [2.05, 4.69) is 10.6 Å². The Morgan fingerprint density at radius 3 is 2.40 bits per heavy atom. The molecule has 0 bridgehead atoms. The predicted octanol–water partition coefficient (Wildman–Crippen LogP) is 1.47. The smallest absolute Gasteiger partial charge is 0.277 e. The molecule has 1 aromatic carbocycles. The number of aliphatic hydroxyl groups is 1. The van der Waals surface area contributed by atoms with Crippen molar-refractivity contribution in [2.24, 2.45) is 5.92 Å². The van der Waals surface area contributed by atoms with Crippen LogP contribution in [0.1, 0.15) is 25.7 Å². The molecule has 0 atom stereocenters. The molecule has 1 saturated carbocycles. The second-order valence-electron chi connectivity index (χ2n) is 6.25. The molecule has 25 heavy (non-hydrogen) atoms. The van der Waals surface area contributed by atoms with Crippen molar-refractivity contribution in [2.45, 2.75) is 25.7 Å². The summed E-state index contributed by atoms with van der Waals surface area (Å²) >= 11 is 0. The van der Waals surface area contributed by atoms with E-state index in [4.69, 9.17) is 5.11 Å². The molecular weight excluding hydrogens is 322 g/mol. The first kappa shape index (κ1) is 17.2. The number of hydrogen-bond acceptors (Lipinski definition) is 5. The van der Waals surface area contributed by atoms with Crippen LogP contribution in [-0.4, -0.2) is 40.9 Å². The van der Waals surface area contributed by atoms with Crippen LogP contribution in [-0.2, 0) is 14.4 Å². The van der Waals surface area contributed by atoms with Gasteiger partial charge >= 0.3 is 0 Å². The van der Waals surface area contributed by atoms with Gasteiger partial charge in [0, 0.05) is 23.4 Å². The molecular formula is C18H21N3O4. The molecule has 7 nitrogen and oxygen atoms in total. The Kier molecular flexibility index (Phi) is 5.14. The van der Waals surface area contributed by atoms with E-state index in [0.717, 1.165) is 30.6 Å². The van der Waals surface area contributed by atoms with Crippen molar-refractivity contribution in [3.05, 3.63) is 36.0 Å². The molecule has 1 fully saturated rings. The summed E-state index contributed by atoms with van der Waals surface area (Å²) in [5.41, 5.74) is 1.51. The normalized spacial score (nSPS) is 17.8. The zero-order valence-corrected chi connectivity index (χ0v) is 13.8. The lowest BCUT2D eigenvalue weighted by molar-refractivity contribution is -0.137. The number of carbonyl (C=O) groups excluding carboxylic acids is 3. The Bertz CT molecular complexity index is 706. The second-order valence-corrected chi connectivity index (χ2v) is 6.25. The molecule has 1 aliphatic heterocycles. The first-order valence-corrected chi connectivity index (χ1v) is 8.45. The van der Waals surface area contributed by atoms with Crippen LogP contribution in [0.25, 0.3) is 0 Å². The van der Waals surface area contributed by atoms with Crippen LogP contribution in [0.2, 0.25) is 0 Å². The van der Waals surface area contributed by atoms with E-state index in [9.17, 15) is 14.4 Å². The molecule has 3 rings (SSSR count). The molecule has 3 amide bonds. The van der Waals surface area contributed by atoms with Gasteiger partial charge in [0.25, 0.3) is 11.8 Å². The molecule has 7 heteroatoms. The van der Waals surface area contributed by atoms with Crippen molar-refractivity contribution in [3.63, 3.8) is 0 Å². The first-order chi connectivity index (χ1) is 12.1. The third-order valence-electron chi connectivity index (χ3n) is 4.49. The highest BCUT2D eigenvalue weighted by molar-refractivity contribution is 6.17. The third-order valence-corrected chi connectivity index (χ3v) is 4.49. The van der Waals surface area contributed by atoms with Crippen LogP contribution < -0.4 is 10.6 Å². The quantitative estimate of drug-likeness (QED) is 0.680. The lowest BCUT2D eigenvalue weighted by Gasteiger charge is -2.14. The van der Waals surface area contributed by atoms with Crippen LogP contribution in [0.15, 0.2) is 36.0 Å². The van der Waals surface area contributed by atoms with Gasteiger partial charge in [-0.05, 0) is 37.1 Å². The highest BCUT2D eigenvalue weighted by Gasteiger charge is 2.30. The molecule has 1 heterocycles. The SMILES string of the molecule is O=C(Nc1ccc(NC2=CC(=O)N(CCO)C2=O)cc1)C1CCCC1. The molecule has 0 aromatic heterocycles. The number of rotatable bonds is 6. The number of carbonyl (C=O) groups is 3. The van der Waals surface area contributed by atoms with Crippen LogP contribution in [0.3, 0.4) is 0 Å². The molecule has 0 spiro atoms. The average Bonchev–Trinajstić information content (AvgIpc) is 3.22. The number of nitrogens with zero attached hydrogens (tertiary/aromatic N) is 1. The number of benzene rings is 1. The van der Waals surface area contributed by atoms with Crippen LogP contribution >= 0.6 is 0 Å². The van der Waals surface area contributed by atoms with Crippen molar-refractivity contribution in [1.29, 1.82) is 0 Å². The fourth-order valence-electron chi connectivity index (χ4n) is 3.13. The van der Waals surface area contributed by atoms with Gasteiger partial charge in [-0.15, -0.1) is 0 Å². The van der Waals surface area contributed by atoms with Crippen molar-refractivity contribution >= 4 is 29.1 Å². The van der Waals surface area contributed by atoms with Gasteiger partial charge in [-0.3, -0.25) is 19.3 Å². The van der Waals surface area contributed by atoms with Crippen molar-refractivity contribution in [2.75, 3.05) is 23.8 Å². The molecule has 0 radical (unpaired) electrons. The summed E-state index contributed by atoms with van der Waals surface area (Å²) in [5, 5.41) is 14.7. The Morgan fingerprint density at radius 1 is 1.12 bits per heavy atom. The van der Waals surface area contributed by atoms with Crippen molar-refractivity contribution in [3.8, 4) is 0 Å². The summed E-state index contributed by atoms with van der Waals surface area (Å²) in [6.45, 7) is -0.292. The fourth-order valence-corrected chi connectivity index (χ4v) is 3.13. The van der Waals surface area contributed by atoms with Crippen LogP contribution in [0, 0.1) is 5.92 Å². The van der Waals surface area contributed by atoms with Crippen LogP contribution in [0.5, 0.6) is 0 Å². The molecule has 3 N–H and O–H groups in total. The summed E-state index contributed by atoms with van der Waals surface area (Å²) in [6.07, 6.45) is 5.32. The fraction of sp³-hybridized carbons (Fsp3) is 0.389. The minimum absolute atomic E-state index is 0.0223. The first-order valence-electron chi connectivity index (χ1n) is 8.45. The zero-order valence-electron chi connectivity index (χ0n) is 13.8. The number of amides is 3. The van der Waals surface area contributed by atoms with Gasteiger partial charge in [-0.1, -0.05) is 12.8 Å². The van der Waals surface area contributed by atoms with E-state index in [-0.39, 0.29) is 30.7 Å². The molecule has 1 aromatic rings. The molecule has 132 valence electrons. The predicted molar refractivity (Wildman–Crippen MR) is 92.5 cm³/mol. The summed E-state index contributed by atoms with van der Waals surface area (Å²) in [6, 6.07) is 6.97. The average molecular weight is 343 g/mol. The van der Waals surface area contributed by atoms with Gasteiger partial charge in [-0.25, -0.2) is 0 Å². The van der Waals surface area contributed by atoms with E-state index >= 15 is 0 Å². The summed E-state index contributed by atoms with van der Waals surface area (Å²) in [7, 11) is 0. The Hall–Kier alpha value is -2.67. The molecule has 0 saturated heterocycles. The Balaban J connectivity index is 1.59. The number of β-amino-alcohol motifs (C(OH)–C–C–N with tert-alkyl or cyclic N) is 1. The Labute approximate surface area is 145 Å². The van der Waals surface area contributed by atoms with Gasteiger partial charge < -0.3 is 15.7 Å². The largest absolute Gasteiger partial charge is 0.395 e. The third kappa shape index (κ3) is 3.88. The summed E-state index contributed by atoms with van der Waals surface area (Å²) in [5.74, 6) is -0.751. The topological polar surface area (TPSA) is 98.7 Å². The van der Waals surface area contributed by atoms with Gasteiger partial charge in [0.1, 0.15) is 5.70 Å². The van der Waals surface area contributed by atoms with Gasteiger partial charge in [0.05, 0.1) is 13.2 Å². The summed E-state index contributed by atoms with van der Waals surface area (Å²) in [4.78, 5) is 36.9. The maximum Gasteiger partial charge on any atom is 0.277 e. The minimum atomic E-state index is -0.460. The zero-order chi connectivity index (χ0) is 17.8. The summed E-state index contributed by atoms with van der Waals surface area (Å²) < 4.78 is 0. The highest BCUT2D eigenvalue weighted by atomic mass is 16.3. The van der Waals surface area contributed by atoms with E-state index in [1.807, 2.05) is 0 Å². The van der Waals surface area contributed by atoms with E-state index in [1.54, 1.807) is 24.3 Å². The number of imide groups is 1. The van der Waals surface area contributed by atoms with Crippen molar-refractivity contribution < 1.29 is 19.5 Å². The van der Waals surface area contributed by atoms with E-state index in [0.29, 0.717) is 11.4 Å². The monoisotopic (exact) mass is 343 g/mol. The van der Waals surface area contributed by atoms with Gasteiger partial charge in [-0.2, -0.15) is 0 Å². The molecule has 2 aliphatic rings. The van der Waals surface area contributed by atoms with Gasteiger partial charge in [0.2, 0.25) is 5.91 Å². The lowest BCUT2D eigenvalue weighted by atomic mass is 10.1. The highest BCUT2D eigenvalue weighted by Crippen LogP contribution is 2.26. The number of hydrogen-bond donors (Lipinski definition) is 3. The lowest BCUT2D eigenvalue weighted by Crippen LogP contribution is -2.34. The maximum absolute atomic E-state index is 12.1. The second kappa shape index (κ2) is 7.48. The Morgan fingerprint density at radius 2 is 1.76 bits per heavy atom. The number of anilines is 2. The van der Waals surface area contributed by atoms with E-state index in [1.165, 1.54) is 6.08 Å². The maximum atomic E-state index is 12.1. The van der Waals surface area contributed by atoms with E-state index < -0.39 is 11.8 Å². The number of aliphatic hydroxyl groups excluding tert-OH is 1. The number of nitrogens with one attached hydrogen (secondary N) is 2. The molecule has 1 aliphatic carbocycles.